The summed E-state index contributed by atoms with van der Waals surface area (Å²) in [5, 5.41) is 0. The van der Waals surface area contributed by atoms with Gasteiger partial charge in [-0.15, -0.1) is 0 Å². The van der Waals surface area contributed by atoms with E-state index in [1.807, 2.05) is 0 Å². The van der Waals surface area contributed by atoms with Crippen molar-refractivity contribution in [1.29, 1.82) is 0 Å². The molecule has 2 rings (SSSR count). The molecule has 0 radical (unpaired) electrons. The van der Waals surface area contributed by atoms with Crippen LogP contribution >= 0.6 is 0 Å². The standard InChI is InChI=1S/C16H23N3O6S/c1-24-13-4-3-12(9-14(13)25-2)26(22,23)18-10-15(20)19-7-5-11(6-8-19)16(17)21/h3-4,9,11,18H,5-8,10H2,1-2H3,(H2,17,21). The zero-order valence-electron chi connectivity index (χ0n) is 14.7. The molecule has 26 heavy (non-hydrogen) atoms. The fourth-order valence-electron chi connectivity index (χ4n) is 2.75. The number of ether oxygens (including phenoxy) is 2. The molecule has 144 valence electrons. The van der Waals surface area contributed by atoms with Gasteiger partial charge in [0.05, 0.1) is 25.7 Å². The maximum atomic E-state index is 12.4. The summed E-state index contributed by atoms with van der Waals surface area (Å²) in [5.74, 6) is -0.277. The van der Waals surface area contributed by atoms with Gasteiger partial charge in [0.2, 0.25) is 21.8 Å². The van der Waals surface area contributed by atoms with E-state index in [2.05, 4.69) is 4.72 Å². The van der Waals surface area contributed by atoms with Gasteiger partial charge in [0.15, 0.2) is 11.5 Å². The summed E-state index contributed by atoms with van der Waals surface area (Å²) in [4.78, 5) is 24.9. The molecule has 0 atom stereocenters. The van der Waals surface area contributed by atoms with E-state index in [9.17, 15) is 18.0 Å². The summed E-state index contributed by atoms with van der Waals surface area (Å²) in [6.45, 7) is 0.396. The molecule has 0 bridgehead atoms. The van der Waals surface area contributed by atoms with E-state index in [4.69, 9.17) is 15.2 Å². The number of carbonyl (C=O) groups excluding carboxylic acids is 2. The largest absolute Gasteiger partial charge is 0.493 e. The first-order valence-electron chi connectivity index (χ1n) is 8.07. The third-order valence-electron chi connectivity index (χ3n) is 4.33. The van der Waals surface area contributed by atoms with Crippen molar-refractivity contribution in [3.05, 3.63) is 18.2 Å². The van der Waals surface area contributed by atoms with Crippen molar-refractivity contribution in [1.82, 2.24) is 9.62 Å². The van der Waals surface area contributed by atoms with Gasteiger partial charge in [-0.2, -0.15) is 0 Å². The third-order valence-corrected chi connectivity index (χ3v) is 5.73. The fraction of sp³-hybridized carbons (Fsp3) is 0.500. The molecule has 0 spiro atoms. The van der Waals surface area contributed by atoms with E-state index < -0.39 is 10.0 Å². The van der Waals surface area contributed by atoms with Crippen LogP contribution in [0.25, 0.3) is 0 Å². The Morgan fingerprint density at radius 2 is 1.81 bits per heavy atom. The number of hydrogen-bond acceptors (Lipinski definition) is 6. The van der Waals surface area contributed by atoms with E-state index in [-0.39, 0.29) is 34.9 Å². The topological polar surface area (TPSA) is 128 Å². The van der Waals surface area contributed by atoms with Crippen LogP contribution in [0.2, 0.25) is 0 Å². The van der Waals surface area contributed by atoms with Gasteiger partial charge in [-0.1, -0.05) is 0 Å². The van der Waals surface area contributed by atoms with E-state index in [0.29, 0.717) is 31.7 Å². The van der Waals surface area contributed by atoms with Crippen molar-refractivity contribution in [2.45, 2.75) is 17.7 Å². The number of nitrogens with one attached hydrogen (secondary N) is 1. The molecule has 0 aliphatic carbocycles. The van der Waals surface area contributed by atoms with Gasteiger partial charge < -0.3 is 20.1 Å². The van der Waals surface area contributed by atoms with E-state index in [1.54, 1.807) is 0 Å². The Labute approximate surface area is 152 Å². The fourth-order valence-corrected chi connectivity index (χ4v) is 3.74. The highest BCUT2D eigenvalue weighted by atomic mass is 32.2. The lowest BCUT2D eigenvalue weighted by Gasteiger charge is -2.30. The molecule has 1 aliphatic heterocycles. The minimum absolute atomic E-state index is 0.0320. The molecule has 3 N–H and O–H groups in total. The Hall–Kier alpha value is -2.33. The van der Waals surface area contributed by atoms with Crippen molar-refractivity contribution in [2.75, 3.05) is 33.9 Å². The van der Waals surface area contributed by atoms with E-state index >= 15 is 0 Å². The second-order valence-electron chi connectivity index (χ2n) is 5.90. The van der Waals surface area contributed by atoms with Gasteiger partial charge in [0.25, 0.3) is 0 Å². The summed E-state index contributed by atoms with van der Waals surface area (Å²) in [7, 11) is -1.03. The summed E-state index contributed by atoms with van der Waals surface area (Å²) >= 11 is 0. The van der Waals surface area contributed by atoms with E-state index in [0.717, 1.165) is 0 Å². The van der Waals surface area contributed by atoms with Crippen LogP contribution in [0.5, 0.6) is 11.5 Å². The predicted molar refractivity (Wildman–Crippen MR) is 93.2 cm³/mol. The van der Waals surface area contributed by atoms with Gasteiger partial charge >= 0.3 is 0 Å². The number of carbonyl (C=O) groups is 2. The van der Waals surface area contributed by atoms with E-state index in [1.165, 1.54) is 37.3 Å². The van der Waals surface area contributed by atoms with Crippen LogP contribution < -0.4 is 19.9 Å². The number of methoxy groups -OCH3 is 2. The summed E-state index contributed by atoms with van der Waals surface area (Å²) < 4.78 is 37.2. The molecular weight excluding hydrogens is 362 g/mol. The lowest BCUT2D eigenvalue weighted by atomic mass is 9.96. The van der Waals surface area contributed by atoms with Crippen LogP contribution in [-0.2, 0) is 19.6 Å². The first-order valence-corrected chi connectivity index (χ1v) is 9.55. The van der Waals surface area contributed by atoms with Crippen LogP contribution in [0.15, 0.2) is 23.1 Å². The van der Waals surface area contributed by atoms with Crippen molar-refractivity contribution >= 4 is 21.8 Å². The van der Waals surface area contributed by atoms with Crippen molar-refractivity contribution in [3.8, 4) is 11.5 Å². The number of nitrogens with zero attached hydrogens (tertiary/aromatic N) is 1. The first kappa shape index (κ1) is 20.0. The molecule has 10 heteroatoms. The van der Waals surface area contributed by atoms with Crippen LogP contribution in [0.1, 0.15) is 12.8 Å². The number of sulfonamides is 1. The normalized spacial score (nSPS) is 15.5. The number of piperidine rings is 1. The van der Waals surface area contributed by atoms with Crippen LogP contribution in [0.3, 0.4) is 0 Å². The van der Waals surface area contributed by atoms with Crippen LogP contribution in [-0.4, -0.2) is 59.0 Å². The summed E-state index contributed by atoms with van der Waals surface area (Å²) in [6, 6.07) is 4.17. The molecule has 1 heterocycles. The molecule has 1 fully saturated rings. The van der Waals surface area contributed by atoms with Crippen LogP contribution in [0.4, 0.5) is 0 Å². The van der Waals surface area contributed by atoms with Crippen molar-refractivity contribution < 1.29 is 27.5 Å². The minimum Gasteiger partial charge on any atom is -0.493 e. The number of likely N-dealkylation sites (tertiary alicyclic amines) is 1. The quantitative estimate of drug-likeness (QED) is 0.664. The number of hydrogen-bond donors (Lipinski definition) is 2. The number of benzene rings is 1. The first-order chi connectivity index (χ1) is 12.3. The van der Waals surface area contributed by atoms with Gasteiger partial charge in [-0.3, -0.25) is 9.59 Å². The molecule has 1 saturated heterocycles. The monoisotopic (exact) mass is 385 g/mol. The molecule has 0 aromatic heterocycles. The highest BCUT2D eigenvalue weighted by molar-refractivity contribution is 7.89. The molecule has 1 aliphatic rings. The van der Waals surface area contributed by atoms with Gasteiger partial charge in [-0.05, 0) is 25.0 Å². The molecule has 1 aromatic carbocycles. The highest BCUT2D eigenvalue weighted by Gasteiger charge is 2.26. The Balaban J connectivity index is 1.98. The molecule has 1 aromatic rings. The number of primary amides is 1. The van der Waals surface area contributed by atoms with Gasteiger partial charge in [0, 0.05) is 25.1 Å². The summed E-state index contributed by atoms with van der Waals surface area (Å²) in [6.07, 6.45) is 0.979. The second kappa shape index (κ2) is 8.37. The number of amides is 2. The second-order valence-corrected chi connectivity index (χ2v) is 7.67. The highest BCUT2D eigenvalue weighted by Crippen LogP contribution is 2.29. The Morgan fingerprint density at radius 1 is 1.19 bits per heavy atom. The molecule has 0 unspecified atom stereocenters. The molecule has 9 nitrogen and oxygen atoms in total. The third kappa shape index (κ3) is 4.64. The zero-order chi connectivity index (χ0) is 19.3. The smallest absolute Gasteiger partial charge is 0.241 e. The molecular formula is C16H23N3O6S. The lowest BCUT2D eigenvalue weighted by molar-refractivity contribution is -0.133. The zero-order valence-corrected chi connectivity index (χ0v) is 15.5. The predicted octanol–water partition coefficient (Wildman–Crippen LogP) is -0.294. The Morgan fingerprint density at radius 3 is 2.35 bits per heavy atom. The molecule has 0 saturated carbocycles. The van der Waals surface area contributed by atoms with Crippen molar-refractivity contribution in [2.24, 2.45) is 11.7 Å². The molecule has 2 amide bonds. The SMILES string of the molecule is COc1ccc(S(=O)(=O)NCC(=O)N2CCC(C(N)=O)CC2)cc1OC. The average Bonchev–Trinajstić information content (AvgIpc) is 2.65. The lowest BCUT2D eigenvalue weighted by Crippen LogP contribution is -2.45. The maximum Gasteiger partial charge on any atom is 0.241 e. The summed E-state index contributed by atoms with van der Waals surface area (Å²) in [5.41, 5.74) is 5.26. The minimum atomic E-state index is -3.88. The number of rotatable bonds is 7. The average molecular weight is 385 g/mol. The Bertz CT molecular complexity index is 772. The maximum absolute atomic E-state index is 12.4. The van der Waals surface area contributed by atoms with Gasteiger partial charge in [0.1, 0.15) is 0 Å². The Kier molecular flexibility index (Phi) is 6.43. The number of nitrogens with two attached hydrogens (primary N) is 1. The van der Waals surface area contributed by atoms with Crippen molar-refractivity contribution in [3.63, 3.8) is 0 Å². The van der Waals surface area contributed by atoms with Crippen LogP contribution in [0, 0.1) is 5.92 Å². The van der Waals surface area contributed by atoms with Gasteiger partial charge in [-0.25, -0.2) is 13.1 Å².